The summed E-state index contributed by atoms with van der Waals surface area (Å²) in [6.07, 6.45) is 6.50. The molecule has 0 N–H and O–H groups in total. The molecule has 8 heteroatoms. The molecule has 4 nitrogen and oxygen atoms in total. The van der Waals surface area contributed by atoms with Crippen molar-refractivity contribution in [1.29, 1.82) is 0 Å². The predicted octanol–water partition coefficient (Wildman–Crippen LogP) is 6.70. The minimum absolute atomic E-state index is 0.615. The van der Waals surface area contributed by atoms with E-state index in [0.717, 1.165) is 41.3 Å². The maximum atomic E-state index is 6.49. The summed E-state index contributed by atoms with van der Waals surface area (Å²) >= 11 is 20.3. The van der Waals surface area contributed by atoms with Gasteiger partial charge >= 0.3 is 0 Å². The first-order valence-electron chi connectivity index (χ1n) is 9.00. The van der Waals surface area contributed by atoms with Gasteiger partial charge in [0.2, 0.25) is 0 Å². The summed E-state index contributed by atoms with van der Waals surface area (Å²) in [7, 11) is 0. The van der Waals surface area contributed by atoms with Gasteiger partial charge < -0.3 is 9.13 Å². The zero-order chi connectivity index (χ0) is 20.2. The van der Waals surface area contributed by atoms with Crippen LogP contribution in [0.25, 0.3) is 11.3 Å². The Kier molecular flexibility index (Phi) is 6.40. The van der Waals surface area contributed by atoms with Crippen LogP contribution in [0.15, 0.2) is 71.6 Å². The van der Waals surface area contributed by atoms with Gasteiger partial charge in [0.05, 0.1) is 22.7 Å². The van der Waals surface area contributed by atoms with E-state index in [2.05, 4.69) is 19.5 Å². The van der Waals surface area contributed by atoms with Gasteiger partial charge in [-0.15, -0.1) is 11.3 Å². The fourth-order valence-corrected chi connectivity index (χ4v) is 4.67. The first-order valence-corrected chi connectivity index (χ1v) is 11.0. The van der Waals surface area contributed by atoms with Gasteiger partial charge in [0.15, 0.2) is 4.80 Å². The van der Waals surface area contributed by atoms with E-state index in [4.69, 9.17) is 39.8 Å². The third-order valence-corrected chi connectivity index (χ3v) is 6.04. The lowest BCUT2D eigenvalue weighted by Gasteiger charge is -2.11. The molecule has 0 bridgehead atoms. The number of halogens is 3. The Balaban J connectivity index is 1.73. The molecule has 0 amide bonds. The fraction of sp³-hybridized carbons (Fsp3) is 0.143. The van der Waals surface area contributed by atoms with Crippen molar-refractivity contribution in [2.24, 2.45) is 4.99 Å². The van der Waals surface area contributed by atoms with E-state index in [0.29, 0.717) is 15.1 Å². The van der Waals surface area contributed by atoms with Crippen molar-refractivity contribution in [1.82, 2.24) is 14.1 Å². The number of thiazole rings is 1. The van der Waals surface area contributed by atoms with Crippen LogP contribution in [0.1, 0.15) is 6.42 Å². The molecule has 0 radical (unpaired) electrons. The van der Waals surface area contributed by atoms with Crippen LogP contribution in [-0.4, -0.2) is 14.1 Å². The standard InChI is InChI=1S/C21H17Cl3N4S/c22-15-3-1-4-17(11-15)26-21-28(9-2-8-27-10-7-25-14-27)20(13-29-21)18-6-5-16(23)12-19(18)24/h1,3-7,10-14H,2,8-9H2. The Morgan fingerprint density at radius 2 is 1.86 bits per heavy atom. The monoisotopic (exact) mass is 462 g/mol. The SMILES string of the molecule is Clc1cccc(N=c2scc(-c3ccc(Cl)cc3Cl)n2CCCn2ccnc2)c1. The number of imidazole rings is 1. The van der Waals surface area contributed by atoms with Gasteiger partial charge in [-0.3, -0.25) is 0 Å². The molecule has 0 unspecified atom stereocenters. The Morgan fingerprint density at radius 1 is 1.00 bits per heavy atom. The van der Waals surface area contributed by atoms with Gasteiger partial charge in [-0.2, -0.15) is 0 Å². The number of aryl methyl sites for hydroxylation is 1. The summed E-state index contributed by atoms with van der Waals surface area (Å²) in [5.41, 5.74) is 2.77. The summed E-state index contributed by atoms with van der Waals surface area (Å²) in [5, 5.41) is 3.98. The average molecular weight is 464 g/mol. The molecule has 0 fully saturated rings. The first kappa shape index (κ1) is 20.2. The van der Waals surface area contributed by atoms with Crippen LogP contribution in [0, 0.1) is 0 Å². The second-order valence-corrected chi connectivity index (χ2v) is 8.54. The number of nitrogens with zero attached hydrogens (tertiary/aromatic N) is 4. The lowest BCUT2D eigenvalue weighted by molar-refractivity contribution is 0.559. The molecule has 0 spiro atoms. The maximum absolute atomic E-state index is 6.49. The van der Waals surface area contributed by atoms with Crippen molar-refractivity contribution in [3.05, 3.63) is 86.4 Å². The van der Waals surface area contributed by atoms with Crippen molar-refractivity contribution >= 4 is 51.8 Å². The van der Waals surface area contributed by atoms with Gasteiger partial charge in [-0.05, 0) is 42.8 Å². The Labute approximate surface area is 187 Å². The molecular weight excluding hydrogens is 447 g/mol. The molecule has 0 atom stereocenters. The Bertz CT molecular complexity index is 1180. The molecule has 0 aliphatic carbocycles. The number of rotatable bonds is 6. The van der Waals surface area contributed by atoms with Crippen LogP contribution in [0.3, 0.4) is 0 Å². The average Bonchev–Trinajstić information content (AvgIpc) is 3.33. The summed E-state index contributed by atoms with van der Waals surface area (Å²) < 4.78 is 4.26. The molecule has 0 saturated heterocycles. The van der Waals surface area contributed by atoms with Crippen molar-refractivity contribution in [2.45, 2.75) is 19.5 Å². The minimum atomic E-state index is 0.615. The summed E-state index contributed by atoms with van der Waals surface area (Å²) in [4.78, 5) is 9.81. The summed E-state index contributed by atoms with van der Waals surface area (Å²) in [5.74, 6) is 0. The number of hydrogen-bond acceptors (Lipinski definition) is 3. The third kappa shape index (κ3) is 4.93. The van der Waals surface area contributed by atoms with Crippen LogP contribution < -0.4 is 4.80 Å². The predicted molar refractivity (Wildman–Crippen MR) is 121 cm³/mol. The highest BCUT2D eigenvalue weighted by Crippen LogP contribution is 2.31. The minimum Gasteiger partial charge on any atom is -0.337 e. The lowest BCUT2D eigenvalue weighted by Crippen LogP contribution is -2.17. The topological polar surface area (TPSA) is 35.1 Å². The van der Waals surface area contributed by atoms with Gasteiger partial charge in [0, 0.05) is 46.5 Å². The highest BCUT2D eigenvalue weighted by molar-refractivity contribution is 7.07. The fourth-order valence-electron chi connectivity index (χ4n) is 3.03. The first-order chi connectivity index (χ1) is 14.1. The van der Waals surface area contributed by atoms with E-state index in [-0.39, 0.29) is 0 Å². The molecule has 0 saturated carbocycles. The highest BCUT2D eigenvalue weighted by Gasteiger charge is 2.12. The van der Waals surface area contributed by atoms with Gasteiger partial charge in [0.1, 0.15) is 0 Å². The number of aromatic nitrogens is 3. The molecule has 0 aliphatic rings. The Morgan fingerprint density at radius 3 is 2.62 bits per heavy atom. The lowest BCUT2D eigenvalue weighted by atomic mass is 10.1. The van der Waals surface area contributed by atoms with Gasteiger partial charge in [-0.25, -0.2) is 9.98 Å². The van der Waals surface area contributed by atoms with Gasteiger partial charge in [0.25, 0.3) is 0 Å². The molecule has 2 aromatic carbocycles. The zero-order valence-corrected chi connectivity index (χ0v) is 18.4. The van der Waals surface area contributed by atoms with Crippen LogP contribution in [0.4, 0.5) is 5.69 Å². The second-order valence-electron chi connectivity index (χ2n) is 6.43. The van der Waals surface area contributed by atoms with E-state index < -0.39 is 0 Å². The zero-order valence-electron chi connectivity index (χ0n) is 15.3. The van der Waals surface area contributed by atoms with Crippen LogP contribution >= 0.6 is 46.1 Å². The third-order valence-electron chi connectivity index (χ3n) is 4.39. The number of hydrogen-bond donors (Lipinski definition) is 0. The normalized spacial score (nSPS) is 11.9. The highest BCUT2D eigenvalue weighted by atomic mass is 35.5. The molecule has 29 heavy (non-hydrogen) atoms. The summed E-state index contributed by atoms with van der Waals surface area (Å²) in [6, 6.07) is 13.1. The molecular formula is C21H17Cl3N4S. The molecule has 4 rings (SSSR count). The van der Waals surface area contributed by atoms with E-state index >= 15 is 0 Å². The van der Waals surface area contributed by atoms with E-state index in [1.165, 1.54) is 0 Å². The van der Waals surface area contributed by atoms with E-state index in [1.807, 2.05) is 48.9 Å². The molecule has 148 valence electrons. The second kappa shape index (κ2) is 9.18. The van der Waals surface area contributed by atoms with Gasteiger partial charge in [-0.1, -0.05) is 40.9 Å². The smallest absolute Gasteiger partial charge is 0.190 e. The Hall–Kier alpha value is -2.05. The largest absolute Gasteiger partial charge is 0.337 e. The van der Waals surface area contributed by atoms with Crippen LogP contribution in [-0.2, 0) is 13.1 Å². The van der Waals surface area contributed by atoms with Crippen LogP contribution in [0.5, 0.6) is 0 Å². The van der Waals surface area contributed by atoms with Crippen molar-refractivity contribution in [3.8, 4) is 11.3 Å². The maximum Gasteiger partial charge on any atom is 0.190 e. The van der Waals surface area contributed by atoms with Crippen molar-refractivity contribution < 1.29 is 0 Å². The van der Waals surface area contributed by atoms with Crippen LogP contribution in [0.2, 0.25) is 15.1 Å². The van der Waals surface area contributed by atoms with Crippen molar-refractivity contribution in [2.75, 3.05) is 0 Å². The quantitative estimate of drug-likeness (QED) is 0.313. The summed E-state index contributed by atoms with van der Waals surface area (Å²) in [6.45, 7) is 1.66. The number of benzene rings is 2. The molecule has 2 aromatic heterocycles. The molecule has 4 aromatic rings. The molecule has 2 heterocycles. The van der Waals surface area contributed by atoms with Crippen molar-refractivity contribution in [3.63, 3.8) is 0 Å². The molecule has 0 aliphatic heterocycles. The van der Waals surface area contributed by atoms with E-state index in [1.54, 1.807) is 23.6 Å². The van der Waals surface area contributed by atoms with E-state index in [9.17, 15) is 0 Å².